The number of hydrogen-bond donors (Lipinski definition) is 1. The third-order valence-corrected chi connectivity index (χ3v) is 6.01. The van der Waals surface area contributed by atoms with E-state index < -0.39 is 0 Å². The summed E-state index contributed by atoms with van der Waals surface area (Å²) in [6.07, 6.45) is 5.73. The first-order valence-corrected chi connectivity index (χ1v) is 9.50. The summed E-state index contributed by atoms with van der Waals surface area (Å²) in [4.78, 5) is 10.4. The van der Waals surface area contributed by atoms with Crippen molar-refractivity contribution in [1.29, 1.82) is 0 Å². The Labute approximate surface area is 159 Å². The molecular weight excluding hydrogens is 354 g/mol. The summed E-state index contributed by atoms with van der Waals surface area (Å²) in [6.45, 7) is 6.32. The zero-order chi connectivity index (χ0) is 16.7. The van der Waals surface area contributed by atoms with E-state index in [1.807, 2.05) is 24.3 Å². The van der Waals surface area contributed by atoms with Crippen LogP contribution < -0.4 is 10.5 Å². The predicted molar refractivity (Wildman–Crippen MR) is 99.8 cm³/mol. The molecule has 0 aromatic heterocycles. The summed E-state index contributed by atoms with van der Waals surface area (Å²) in [5, 5.41) is 4.21. The molecule has 24 heavy (non-hydrogen) atoms. The van der Waals surface area contributed by atoms with Crippen molar-refractivity contribution in [3.05, 3.63) is 48.5 Å². The van der Waals surface area contributed by atoms with Gasteiger partial charge in [-0.15, -0.1) is 6.07 Å². The predicted octanol–water partition coefficient (Wildman–Crippen LogP) is 4.49. The van der Waals surface area contributed by atoms with Crippen LogP contribution in [0.4, 0.5) is 5.69 Å². The normalized spacial score (nSPS) is 16.5. The van der Waals surface area contributed by atoms with Gasteiger partial charge in [-0.05, 0) is 23.8 Å². The Morgan fingerprint density at radius 1 is 1.17 bits per heavy atom. The van der Waals surface area contributed by atoms with Crippen LogP contribution in [0.5, 0.6) is 0 Å². The van der Waals surface area contributed by atoms with Gasteiger partial charge in [0.2, 0.25) is 5.91 Å². The molecule has 0 heterocycles. The summed E-state index contributed by atoms with van der Waals surface area (Å²) in [5.41, 5.74) is 2.46. The average Bonchev–Trinajstić information content (AvgIpc) is 3.15. The maximum Gasteiger partial charge on any atom is 2.00 e. The summed E-state index contributed by atoms with van der Waals surface area (Å²) in [7, 11) is 1.05. The molecule has 0 saturated heterocycles. The molecule has 0 bridgehead atoms. The monoisotopic (exact) mass is 381 g/mol. The Bertz CT molecular complexity index is 565. The van der Waals surface area contributed by atoms with Gasteiger partial charge in [-0.25, -0.2) is 18.2 Å². The molecule has 1 N–H and O–H groups in total. The minimum Gasteiger partial charge on any atom is -0.350 e. The first-order chi connectivity index (χ1) is 10.9. The van der Waals surface area contributed by atoms with Gasteiger partial charge >= 0.3 is 17.1 Å². The third-order valence-electron chi connectivity index (χ3n) is 4.36. The van der Waals surface area contributed by atoms with E-state index >= 15 is 0 Å². The van der Waals surface area contributed by atoms with E-state index in [1.165, 1.54) is 32.6 Å². The Kier molecular flexibility index (Phi) is 8.75. The molecule has 0 aliphatic heterocycles. The zero-order valence-corrected chi connectivity index (χ0v) is 16.9. The van der Waals surface area contributed by atoms with Gasteiger partial charge in [0.05, 0.1) is 9.52 Å². The van der Waals surface area contributed by atoms with Crippen molar-refractivity contribution in [3.63, 3.8) is 0 Å². The summed E-state index contributed by atoms with van der Waals surface area (Å²) in [6, 6.07) is 16.3. The average molecular weight is 381 g/mol. The van der Waals surface area contributed by atoms with Crippen LogP contribution in [0.2, 0.25) is 5.54 Å². The molecule has 3 rings (SSSR count). The topological polar surface area (TPSA) is 29.1 Å². The second-order valence-electron chi connectivity index (χ2n) is 7.11. The van der Waals surface area contributed by atoms with Crippen LogP contribution in [-0.4, -0.2) is 15.4 Å². The summed E-state index contributed by atoms with van der Waals surface area (Å²) >= 11 is 0. The van der Waals surface area contributed by atoms with Crippen molar-refractivity contribution in [2.24, 2.45) is 5.41 Å². The molecule has 4 heteroatoms. The van der Waals surface area contributed by atoms with Gasteiger partial charge in [-0.1, -0.05) is 32.4 Å². The fraction of sp³-hybridized carbons (Fsp3) is 0.450. The molecule has 1 aliphatic rings. The SMILES string of the molecule is CC(=O)Nc1ccc[cH-]1.CC1(C)CCC([Si]c2ccc[cH-]2)CC1.[Fe+2]. The summed E-state index contributed by atoms with van der Waals surface area (Å²) in [5.74, 6) is -0.0267. The van der Waals surface area contributed by atoms with Crippen LogP contribution in [0.15, 0.2) is 48.5 Å². The largest absolute Gasteiger partial charge is 2.00 e. The second kappa shape index (κ2) is 10.0. The van der Waals surface area contributed by atoms with Crippen molar-refractivity contribution in [2.75, 3.05) is 5.32 Å². The number of rotatable bonds is 3. The van der Waals surface area contributed by atoms with E-state index in [2.05, 4.69) is 43.4 Å². The molecule has 130 valence electrons. The number of hydrogen-bond acceptors (Lipinski definition) is 1. The van der Waals surface area contributed by atoms with Crippen LogP contribution in [0.3, 0.4) is 0 Å². The Balaban J connectivity index is 0.000000252. The maximum absolute atomic E-state index is 10.4. The van der Waals surface area contributed by atoms with Crippen molar-refractivity contribution in [1.82, 2.24) is 0 Å². The molecule has 2 aromatic carbocycles. The molecular formula is C20H27FeNOSi. The quantitative estimate of drug-likeness (QED) is 0.616. The first-order valence-electron chi connectivity index (χ1n) is 8.42. The zero-order valence-electron chi connectivity index (χ0n) is 14.8. The van der Waals surface area contributed by atoms with Gasteiger partial charge in [-0.2, -0.15) is 29.5 Å². The number of amides is 1. The minimum absolute atomic E-state index is 0. The molecule has 1 aliphatic carbocycles. The van der Waals surface area contributed by atoms with E-state index in [1.54, 1.807) is 5.19 Å². The van der Waals surface area contributed by atoms with Crippen molar-refractivity contribution in [2.45, 2.75) is 52.0 Å². The molecule has 0 spiro atoms. The number of nitrogens with one attached hydrogen (secondary N) is 1. The summed E-state index contributed by atoms with van der Waals surface area (Å²) < 4.78 is 0. The standard InChI is InChI=1S/C13H19Si.C7H8NO.Fe/c1-13(2)9-7-12(8-10-13)14-11-5-3-4-6-11;1-6(9)8-7-4-2-3-5-7;/h3-6,12H,7-10H2,1-2H3;2-5H,1H3,(H,8,9);/q2*-1;+2. The van der Waals surface area contributed by atoms with Crippen LogP contribution in [0.1, 0.15) is 46.5 Å². The number of carbonyl (C=O) groups is 1. The minimum atomic E-state index is -0.0267. The van der Waals surface area contributed by atoms with Crippen LogP contribution in [0, 0.1) is 5.41 Å². The van der Waals surface area contributed by atoms with Crippen molar-refractivity contribution in [3.8, 4) is 0 Å². The molecule has 0 unspecified atom stereocenters. The molecule has 1 saturated carbocycles. The van der Waals surface area contributed by atoms with Gasteiger partial charge in [0.15, 0.2) is 0 Å². The number of carbonyl (C=O) groups excluding carboxylic acids is 1. The molecule has 1 fully saturated rings. The van der Waals surface area contributed by atoms with Gasteiger partial charge in [0.25, 0.3) is 0 Å². The van der Waals surface area contributed by atoms with Gasteiger partial charge in [-0.3, -0.25) is 4.79 Å². The van der Waals surface area contributed by atoms with Crippen LogP contribution >= 0.6 is 0 Å². The van der Waals surface area contributed by atoms with Gasteiger partial charge < -0.3 is 5.32 Å². The first kappa shape index (κ1) is 21.0. The maximum atomic E-state index is 10.4. The Hall–Kier alpha value is -1.09. The Morgan fingerprint density at radius 3 is 2.29 bits per heavy atom. The molecule has 2 aromatic rings. The van der Waals surface area contributed by atoms with E-state index in [0.717, 1.165) is 20.7 Å². The van der Waals surface area contributed by atoms with E-state index in [4.69, 9.17) is 0 Å². The smallest absolute Gasteiger partial charge is 0.350 e. The Morgan fingerprint density at radius 2 is 1.79 bits per heavy atom. The molecule has 1 amide bonds. The second-order valence-corrected chi connectivity index (χ2v) is 8.79. The van der Waals surface area contributed by atoms with E-state index in [0.29, 0.717) is 5.41 Å². The fourth-order valence-electron chi connectivity index (χ4n) is 2.91. The molecule has 2 radical (unpaired) electrons. The van der Waals surface area contributed by atoms with Crippen molar-refractivity contribution < 1.29 is 21.9 Å². The van der Waals surface area contributed by atoms with E-state index in [-0.39, 0.29) is 23.0 Å². The fourth-order valence-corrected chi connectivity index (χ4v) is 4.34. The van der Waals surface area contributed by atoms with Crippen LogP contribution in [0.25, 0.3) is 0 Å². The van der Waals surface area contributed by atoms with Gasteiger partial charge in [0, 0.05) is 6.92 Å². The third kappa shape index (κ3) is 7.65. The molecule has 2 nitrogen and oxygen atoms in total. The van der Waals surface area contributed by atoms with Gasteiger partial charge in [0.1, 0.15) is 0 Å². The van der Waals surface area contributed by atoms with E-state index in [9.17, 15) is 4.79 Å². The molecule has 0 atom stereocenters. The van der Waals surface area contributed by atoms with Crippen LogP contribution in [-0.2, 0) is 21.9 Å². The number of anilines is 1. The van der Waals surface area contributed by atoms with Crippen molar-refractivity contribution >= 4 is 26.3 Å².